The number of amides is 1. The molecule has 0 aromatic heterocycles. The van der Waals surface area contributed by atoms with Crippen LogP contribution in [0.5, 0.6) is 11.5 Å². The highest BCUT2D eigenvalue weighted by molar-refractivity contribution is 7.99. The Hall–Kier alpha value is -2.67. The zero-order valence-corrected chi connectivity index (χ0v) is 18.5. The van der Waals surface area contributed by atoms with Crippen molar-refractivity contribution in [3.05, 3.63) is 59.2 Å². The van der Waals surface area contributed by atoms with Crippen LogP contribution in [0.2, 0.25) is 0 Å². The van der Waals surface area contributed by atoms with Crippen molar-refractivity contribution in [3.63, 3.8) is 0 Å². The van der Waals surface area contributed by atoms with E-state index >= 15 is 0 Å². The van der Waals surface area contributed by atoms with Gasteiger partial charge in [-0.25, -0.2) is 0 Å². The Bertz CT molecular complexity index is 816. The zero-order chi connectivity index (χ0) is 21.9. The zero-order valence-electron chi connectivity index (χ0n) is 17.7. The summed E-state index contributed by atoms with van der Waals surface area (Å²) in [5.41, 5.74) is 2.56. The van der Waals surface area contributed by atoms with E-state index in [0.29, 0.717) is 35.9 Å². The Balaban J connectivity index is 2.12. The molecule has 0 fully saturated rings. The van der Waals surface area contributed by atoms with Crippen LogP contribution < -0.4 is 9.47 Å². The fraction of sp³-hybridized carbons (Fsp3) is 0.391. The molecule has 0 saturated carbocycles. The average molecular weight is 432 g/mol. The lowest BCUT2D eigenvalue weighted by atomic mass is 10.1. The van der Waals surface area contributed by atoms with Gasteiger partial charge in [-0.05, 0) is 37.5 Å². The van der Waals surface area contributed by atoms with Gasteiger partial charge in [-0.1, -0.05) is 30.3 Å². The monoisotopic (exact) mass is 431 g/mol. The van der Waals surface area contributed by atoms with Crippen molar-refractivity contribution < 1.29 is 24.2 Å². The number of methoxy groups -OCH3 is 2. The van der Waals surface area contributed by atoms with E-state index in [1.807, 2.05) is 25.1 Å². The first-order valence-electron chi connectivity index (χ1n) is 9.81. The number of nitrogens with zero attached hydrogens (tertiary/aromatic N) is 1. The third-order valence-corrected chi connectivity index (χ3v) is 5.68. The molecule has 0 saturated heterocycles. The van der Waals surface area contributed by atoms with E-state index in [0.717, 1.165) is 18.4 Å². The van der Waals surface area contributed by atoms with Crippen LogP contribution in [-0.2, 0) is 11.2 Å². The Morgan fingerprint density at radius 1 is 1.03 bits per heavy atom. The molecule has 0 heterocycles. The topological polar surface area (TPSA) is 76.1 Å². The second-order valence-corrected chi connectivity index (χ2v) is 7.94. The maximum absolute atomic E-state index is 13.3. The number of aliphatic carboxylic acids is 1. The van der Waals surface area contributed by atoms with Crippen LogP contribution in [0.4, 0.5) is 0 Å². The molecule has 7 heteroatoms. The van der Waals surface area contributed by atoms with Gasteiger partial charge in [-0.15, -0.1) is 11.8 Å². The summed E-state index contributed by atoms with van der Waals surface area (Å²) in [4.78, 5) is 25.8. The molecule has 162 valence electrons. The predicted octanol–water partition coefficient (Wildman–Crippen LogP) is 3.91. The van der Waals surface area contributed by atoms with Gasteiger partial charge >= 0.3 is 5.97 Å². The van der Waals surface area contributed by atoms with Gasteiger partial charge in [0.05, 0.1) is 20.0 Å². The van der Waals surface area contributed by atoms with E-state index in [9.17, 15) is 9.59 Å². The van der Waals surface area contributed by atoms with Crippen molar-refractivity contribution >= 4 is 23.6 Å². The second kappa shape index (κ2) is 12.1. The van der Waals surface area contributed by atoms with E-state index < -0.39 is 5.97 Å². The van der Waals surface area contributed by atoms with Crippen LogP contribution in [0.15, 0.2) is 42.5 Å². The molecule has 0 aliphatic heterocycles. The molecule has 1 amide bonds. The standard InChI is InChI=1S/C23H29NO5S/c1-17-20(28-2)14-19(15-21(17)29-3)23(27)24(12-13-30-16-22(25)26)11-7-10-18-8-5-4-6-9-18/h4-6,8-9,14-15H,7,10-13,16H2,1-3H3,(H,25,26). The molecule has 0 aliphatic rings. The minimum Gasteiger partial charge on any atom is -0.496 e. The number of ether oxygens (including phenoxy) is 2. The van der Waals surface area contributed by atoms with Crippen molar-refractivity contribution in [1.82, 2.24) is 4.90 Å². The number of carbonyl (C=O) groups is 2. The van der Waals surface area contributed by atoms with E-state index in [1.165, 1.54) is 17.3 Å². The maximum atomic E-state index is 13.3. The third kappa shape index (κ3) is 6.99. The molecule has 0 bridgehead atoms. The summed E-state index contributed by atoms with van der Waals surface area (Å²) in [6, 6.07) is 13.6. The molecule has 0 unspecified atom stereocenters. The second-order valence-electron chi connectivity index (χ2n) is 6.83. The normalized spacial score (nSPS) is 10.5. The molecular formula is C23H29NO5S. The highest BCUT2D eigenvalue weighted by atomic mass is 32.2. The number of hydrogen-bond acceptors (Lipinski definition) is 5. The van der Waals surface area contributed by atoms with Crippen LogP contribution in [0.25, 0.3) is 0 Å². The van der Waals surface area contributed by atoms with Gasteiger partial charge in [-0.3, -0.25) is 9.59 Å². The number of rotatable bonds is 12. The first-order valence-corrected chi connectivity index (χ1v) is 11.0. The van der Waals surface area contributed by atoms with Crippen LogP contribution in [0.3, 0.4) is 0 Å². The van der Waals surface area contributed by atoms with Gasteiger partial charge in [0.1, 0.15) is 11.5 Å². The van der Waals surface area contributed by atoms with E-state index in [1.54, 1.807) is 31.3 Å². The number of carbonyl (C=O) groups excluding carboxylic acids is 1. The predicted molar refractivity (Wildman–Crippen MR) is 120 cm³/mol. The van der Waals surface area contributed by atoms with Crippen molar-refractivity contribution in [2.45, 2.75) is 19.8 Å². The van der Waals surface area contributed by atoms with Gasteiger partial charge in [0.15, 0.2) is 0 Å². The van der Waals surface area contributed by atoms with Gasteiger partial charge in [0, 0.05) is 30.0 Å². The Kier molecular flexibility index (Phi) is 9.54. The first-order chi connectivity index (χ1) is 14.5. The molecule has 2 aromatic carbocycles. The molecular weight excluding hydrogens is 402 g/mol. The van der Waals surface area contributed by atoms with Crippen LogP contribution in [0.1, 0.15) is 27.9 Å². The molecule has 0 aliphatic carbocycles. The third-order valence-electron chi connectivity index (χ3n) is 4.75. The molecule has 30 heavy (non-hydrogen) atoms. The molecule has 2 aromatic rings. The van der Waals surface area contributed by atoms with Crippen LogP contribution in [-0.4, -0.2) is 60.7 Å². The summed E-state index contributed by atoms with van der Waals surface area (Å²) in [6.07, 6.45) is 1.69. The largest absolute Gasteiger partial charge is 0.496 e. The molecule has 2 rings (SSSR count). The smallest absolute Gasteiger partial charge is 0.313 e. The highest BCUT2D eigenvalue weighted by Crippen LogP contribution is 2.30. The van der Waals surface area contributed by atoms with Crippen molar-refractivity contribution in [2.24, 2.45) is 0 Å². The number of carboxylic acid groups (broad SMARTS) is 1. The number of hydrogen-bond donors (Lipinski definition) is 1. The molecule has 0 radical (unpaired) electrons. The van der Waals surface area contributed by atoms with Gasteiger partial charge in [-0.2, -0.15) is 0 Å². The van der Waals surface area contributed by atoms with Crippen LogP contribution in [0, 0.1) is 6.92 Å². The summed E-state index contributed by atoms with van der Waals surface area (Å²) in [5, 5.41) is 8.85. The number of aryl methyl sites for hydroxylation is 1. The molecule has 6 nitrogen and oxygen atoms in total. The van der Waals surface area contributed by atoms with Gasteiger partial charge in [0.2, 0.25) is 0 Å². The van der Waals surface area contributed by atoms with E-state index in [4.69, 9.17) is 14.6 Å². The summed E-state index contributed by atoms with van der Waals surface area (Å²) in [6.45, 7) is 2.94. The number of carboxylic acids is 1. The van der Waals surface area contributed by atoms with Crippen molar-refractivity contribution in [2.75, 3.05) is 38.8 Å². The minimum atomic E-state index is -0.852. The lowest BCUT2D eigenvalue weighted by Crippen LogP contribution is -2.34. The van der Waals surface area contributed by atoms with E-state index in [-0.39, 0.29) is 11.7 Å². The van der Waals surface area contributed by atoms with Crippen molar-refractivity contribution in [3.8, 4) is 11.5 Å². The quantitative estimate of drug-likeness (QED) is 0.514. The summed E-state index contributed by atoms with van der Waals surface area (Å²) in [7, 11) is 3.13. The SMILES string of the molecule is COc1cc(C(=O)N(CCCc2ccccc2)CCSCC(=O)O)cc(OC)c1C. The molecule has 1 N–H and O–H groups in total. The van der Waals surface area contributed by atoms with Crippen molar-refractivity contribution in [1.29, 1.82) is 0 Å². The Labute approximate surface area is 182 Å². The molecule has 0 spiro atoms. The van der Waals surface area contributed by atoms with Crippen LogP contribution >= 0.6 is 11.8 Å². The Morgan fingerprint density at radius 3 is 2.23 bits per heavy atom. The highest BCUT2D eigenvalue weighted by Gasteiger charge is 2.19. The summed E-state index contributed by atoms with van der Waals surface area (Å²) < 4.78 is 10.8. The summed E-state index contributed by atoms with van der Waals surface area (Å²) in [5.74, 6) is 0.816. The first kappa shape index (κ1) is 23.6. The summed E-state index contributed by atoms with van der Waals surface area (Å²) >= 11 is 1.31. The van der Waals surface area contributed by atoms with E-state index in [2.05, 4.69) is 12.1 Å². The fourth-order valence-electron chi connectivity index (χ4n) is 3.16. The lowest BCUT2D eigenvalue weighted by Gasteiger charge is -2.23. The Morgan fingerprint density at radius 2 is 1.67 bits per heavy atom. The molecule has 0 atom stereocenters. The van der Waals surface area contributed by atoms with Gasteiger partial charge in [0.25, 0.3) is 5.91 Å². The number of thioether (sulfide) groups is 1. The maximum Gasteiger partial charge on any atom is 0.313 e. The fourth-order valence-corrected chi connectivity index (χ4v) is 3.83. The lowest BCUT2D eigenvalue weighted by molar-refractivity contribution is -0.133. The minimum absolute atomic E-state index is 0.0260. The van der Waals surface area contributed by atoms with Gasteiger partial charge < -0.3 is 19.5 Å². The number of benzene rings is 2. The average Bonchev–Trinajstić information content (AvgIpc) is 2.75.